The van der Waals surface area contributed by atoms with E-state index in [0.29, 0.717) is 13.2 Å². The predicted molar refractivity (Wildman–Crippen MR) is 126 cm³/mol. The molecule has 0 saturated heterocycles. The zero-order chi connectivity index (χ0) is 22.1. The molecule has 31 heavy (non-hydrogen) atoms. The number of carbonyl (C=O) groups excluding carboxylic acids is 1. The number of anilines is 1. The summed E-state index contributed by atoms with van der Waals surface area (Å²) in [6, 6.07) is 16.0. The number of nitrogens with zero attached hydrogens (tertiary/aromatic N) is 1. The number of hydrogen-bond acceptors (Lipinski definition) is 4. The van der Waals surface area contributed by atoms with Gasteiger partial charge in [0.1, 0.15) is 11.4 Å². The zero-order valence-corrected chi connectivity index (χ0v) is 19.2. The molecule has 3 rings (SSSR count). The lowest BCUT2D eigenvalue weighted by Gasteiger charge is -2.48. The first kappa shape index (κ1) is 23.1. The monoisotopic (exact) mass is 424 g/mol. The van der Waals surface area contributed by atoms with Crippen LogP contribution in [0.2, 0.25) is 0 Å². The molecule has 0 aliphatic carbocycles. The Balaban J connectivity index is 1.84. The molecule has 5 nitrogen and oxygen atoms in total. The summed E-state index contributed by atoms with van der Waals surface area (Å²) in [5, 5.41) is 3.69. The van der Waals surface area contributed by atoms with E-state index in [1.54, 1.807) is 7.11 Å². The highest BCUT2D eigenvalue weighted by atomic mass is 16.5. The molecule has 0 bridgehead atoms. The van der Waals surface area contributed by atoms with E-state index in [1.165, 1.54) is 19.3 Å². The van der Waals surface area contributed by atoms with Gasteiger partial charge in [-0.2, -0.15) is 0 Å². The molecule has 1 atom stereocenters. The fraction of sp³-hybridized carbons (Fsp3) is 0.500. The lowest BCUT2D eigenvalue weighted by molar-refractivity contribution is 0.0451. The Hall–Kier alpha value is -2.53. The Morgan fingerprint density at radius 1 is 0.935 bits per heavy atom. The van der Waals surface area contributed by atoms with Gasteiger partial charge in [0, 0.05) is 25.9 Å². The summed E-state index contributed by atoms with van der Waals surface area (Å²) in [6.07, 6.45) is 6.29. The van der Waals surface area contributed by atoms with Crippen LogP contribution in [0.4, 0.5) is 5.69 Å². The highest BCUT2D eigenvalue weighted by molar-refractivity contribution is 6.02. The Morgan fingerprint density at radius 2 is 1.71 bits per heavy atom. The molecular formula is C26H36N2O3. The first-order chi connectivity index (χ1) is 15.2. The normalized spacial score (nSPS) is 17.9. The van der Waals surface area contributed by atoms with Crippen LogP contribution in [0, 0.1) is 0 Å². The van der Waals surface area contributed by atoms with Gasteiger partial charge in [-0.1, -0.05) is 57.4 Å². The molecule has 0 saturated carbocycles. The number of benzene rings is 2. The minimum atomic E-state index is -0.598. The molecule has 0 fully saturated rings. The van der Waals surface area contributed by atoms with Gasteiger partial charge in [-0.3, -0.25) is 4.79 Å². The Morgan fingerprint density at radius 3 is 2.42 bits per heavy atom. The van der Waals surface area contributed by atoms with Gasteiger partial charge in [-0.05, 0) is 49.1 Å². The molecule has 1 N–H and O–H groups in total. The van der Waals surface area contributed by atoms with Crippen LogP contribution in [0.3, 0.4) is 0 Å². The molecule has 2 aromatic carbocycles. The van der Waals surface area contributed by atoms with E-state index in [9.17, 15) is 4.79 Å². The van der Waals surface area contributed by atoms with Gasteiger partial charge in [0.15, 0.2) is 0 Å². The van der Waals surface area contributed by atoms with Crippen molar-refractivity contribution < 1.29 is 14.3 Å². The van der Waals surface area contributed by atoms with E-state index in [2.05, 4.69) is 31.3 Å². The number of methoxy groups -OCH3 is 1. The molecule has 5 heteroatoms. The van der Waals surface area contributed by atoms with Crippen molar-refractivity contribution in [2.24, 2.45) is 0 Å². The maximum atomic E-state index is 13.5. The number of unbranched alkanes of at least 4 members (excludes halogenated alkanes) is 3. The van der Waals surface area contributed by atoms with Crippen molar-refractivity contribution in [3.63, 3.8) is 0 Å². The van der Waals surface area contributed by atoms with E-state index in [-0.39, 0.29) is 5.91 Å². The third-order valence-corrected chi connectivity index (χ3v) is 6.05. The summed E-state index contributed by atoms with van der Waals surface area (Å²) in [7, 11) is 1.69. The minimum absolute atomic E-state index is 0.0588. The van der Waals surface area contributed by atoms with Crippen LogP contribution >= 0.6 is 0 Å². The Bertz CT molecular complexity index is 837. The maximum Gasteiger partial charge on any atom is 0.258 e. The summed E-state index contributed by atoms with van der Waals surface area (Å²) in [4.78, 5) is 15.4. The van der Waals surface area contributed by atoms with Crippen LogP contribution in [-0.4, -0.2) is 37.7 Å². The molecule has 0 spiro atoms. The molecule has 1 heterocycles. The molecule has 1 aliphatic rings. The van der Waals surface area contributed by atoms with Crippen LogP contribution in [0.25, 0.3) is 0 Å². The average Bonchev–Trinajstić information content (AvgIpc) is 2.81. The summed E-state index contributed by atoms with van der Waals surface area (Å²) in [5.41, 5.74) is 2.07. The fourth-order valence-corrected chi connectivity index (χ4v) is 4.30. The summed E-state index contributed by atoms with van der Waals surface area (Å²) < 4.78 is 11.2. The van der Waals surface area contributed by atoms with Gasteiger partial charge in [-0.15, -0.1) is 0 Å². The van der Waals surface area contributed by atoms with Crippen LogP contribution in [0.1, 0.15) is 68.3 Å². The van der Waals surface area contributed by atoms with Crippen molar-refractivity contribution >= 4 is 11.6 Å². The van der Waals surface area contributed by atoms with Crippen molar-refractivity contribution in [1.82, 2.24) is 4.90 Å². The van der Waals surface area contributed by atoms with E-state index in [1.807, 2.05) is 41.3 Å². The number of fused-ring (bicyclic) bond motifs is 1. The largest absolute Gasteiger partial charge is 0.494 e. The molecule has 1 aliphatic heterocycles. The van der Waals surface area contributed by atoms with Crippen LogP contribution < -0.4 is 10.1 Å². The number of carbonyl (C=O) groups is 1. The summed E-state index contributed by atoms with van der Waals surface area (Å²) in [5.74, 6) is 0.934. The molecule has 1 unspecified atom stereocenters. The van der Waals surface area contributed by atoms with Gasteiger partial charge in [0.25, 0.3) is 5.91 Å². The van der Waals surface area contributed by atoms with Crippen LogP contribution in [0.15, 0.2) is 48.5 Å². The number of hydrogen-bond donors (Lipinski definition) is 1. The maximum absolute atomic E-state index is 13.5. The lowest BCUT2D eigenvalue weighted by atomic mass is 9.89. The lowest BCUT2D eigenvalue weighted by Crippen LogP contribution is -2.57. The van der Waals surface area contributed by atoms with Gasteiger partial charge in [0.2, 0.25) is 0 Å². The Kier molecular flexibility index (Phi) is 8.35. The van der Waals surface area contributed by atoms with Crippen LogP contribution in [-0.2, 0) is 10.4 Å². The highest BCUT2D eigenvalue weighted by Gasteiger charge is 2.44. The molecule has 2 aromatic rings. The molecule has 168 valence electrons. The third-order valence-electron chi connectivity index (χ3n) is 6.05. The van der Waals surface area contributed by atoms with Crippen molar-refractivity contribution in [2.45, 2.75) is 58.0 Å². The molecule has 0 aromatic heterocycles. The number of para-hydroxylation sites is 1. The van der Waals surface area contributed by atoms with E-state index < -0.39 is 5.66 Å². The van der Waals surface area contributed by atoms with Crippen molar-refractivity contribution in [3.8, 4) is 5.75 Å². The van der Waals surface area contributed by atoms with E-state index in [4.69, 9.17) is 9.47 Å². The van der Waals surface area contributed by atoms with Crippen LogP contribution in [0.5, 0.6) is 5.75 Å². The highest BCUT2D eigenvalue weighted by Crippen LogP contribution is 2.40. The minimum Gasteiger partial charge on any atom is -0.494 e. The number of amides is 1. The first-order valence-electron chi connectivity index (χ1n) is 11.6. The molecule has 0 radical (unpaired) electrons. The molecular weight excluding hydrogens is 388 g/mol. The number of ether oxygens (including phenoxy) is 2. The van der Waals surface area contributed by atoms with Crippen molar-refractivity contribution in [1.29, 1.82) is 0 Å². The average molecular weight is 425 g/mol. The van der Waals surface area contributed by atoms with Gasteiger partial charge < -0.3 is 19.7 Å². The summed E-state index contributed by atoms with van der Waals surface area (Å²) in [6.45, 7) is 6.32. The number of rotatable bonds is 12. The fourth-order valence-electron chi connectivity index (χ4n) is 4.30. The van der Waals surface area contributed by atoms with Gasteiger partial charge in [-0.25, -0.2) is 0 Å². The van der Waals surface area contributed by atoms with Gasteiger partial charge in [0.05, 0.1) is 12.2 Å². The SMILES string of the molecule is CCCCCCOc1ccc(C2(CC)Nc3ccccc3C(=O)N2CCCOC)cc1. The topological polar surface area (TPSA) is 50.8 Å². The first-order valence-corrected chi connectivity index (χ1v) is 11.6. The van der Waals surface area contributed by atoms with E-state index in [0.717, 1.165) is 48.4 Å². The van der Waals surface area contributed by atoms with Gasteiger partial charge >= 0.3 is 0 Å². The molecule has 1 amide bonds. The van der Waals surface area contributed by atoms with E-state index >= 15 is 0 Å². The second kappa shape index (κ2) is 11.2. The number of nitrogens with one attached hydrogen (secondary N) is 1. The second-order valence-electron chi connectivity index (χ2n) is 8.12. The smallest absolute Gasteiger partial charge is 0.258 e. The summed E-state index contributed by atoms with van der Waals surface area (Å²) >= 11 is 0. The zero-order valence-electron chi connectivity index (χ0n) is 19.2. The standard InChI is InChI=1S/C26H36N2O3/c1-4-6-7-10-20-31-22-16-14-21(15-17-22)26(5-2)27-24-13-9-8-12-23(24)25(29)28(26)18-11-19-30-3/h8-9,12-17,27H,4-7,10-11,18-20H2,1-3H3. The van der Waals surface area contributed by atoms with Crippen molar-refractivity contribution in [3.05, 3.63) is 59.7 Å². The quantitative estimate of drug-likeness (QED) is 0.437. The predicted octanol–water partition coefficient (Wildman–Crippen LogP) is 5.81. The third kappa shape index (κ3) is 5.21. The second-order valence-corrected chi connectivity index (χ2v) is 8.12. The van der Waals surface area contributed by atoms with Crippen molar-refractivity contribution in [2.75, 3.05) is 32.2 Å². The Labute approximate surface area is 186 Å².